The summed E-state index contributed by atoms with van der Waals surface area (Å²) in [5.41, 5.74) is 1.92. The summed E-state index contributed by atoms with van der Waals surface area (Å²) in [5.74, 6) is 0.769. The van der Waals surface area contributed by atoms with Crippen molar-refractivity contribution >= 4 is 17.9 Å². The summed E-state index contributed by atoms with van der Waals surface area (Å²) in [6.07, 6.45) is 0.705. The van der Waals surface area contributed by atoms with Crippen LogP contribution >= 0.6 is 0 Å². The van der Waals surface area contributed by atoms with Gasteiger partial charge >= 0.3 is 0 Å². The Labute approximate surface area is 134 Å². The molecule has 3 rings (SSSR count). The van der Waals surface area contributed by atoms with Crippen LogP contribution < -0.4 is 9.64 Å². The molecule has 0 saturated carbocycles. The zero-order valence-electron chi connectivity index (χ0n) is 13.0. The Balaban J connectivity index is 1.66. The molecule has 120 valence electrons. The maximum atomic E-state index is 12.4. The number of amides is 1. The Morgan fingerprint density at radius 1 is 1.13 bits per heavy atom. The Kier molecular flexibility index (Phi) is 4.32. The fourth-order valence-corrected chi connectivity index (χ4v) is 2.82. The number of rotatable bonds is 4. The molecule has 0 spiro atoms. The van der Waals surface area contributed by atoms with Crippen molar-refractivity contribution in [2.45, 2.75) is 0 Å². The standard InChI is InChI=1S/C17H19N3O3/c1-23-16-5-3-2-4-15(16)19-8-10-20(11-9-19)17(22)14-7-6-13(12-21)18-14/h2-7,12,18H,8-11H2,1H3. The molecule has 0 radical (unpaired) electrons. The second-order valence-corrected chi connectivity index (χ2v) is 5.40. The van der Waals surface area contributed by atoms with Crippen molar-refractivity contribution in [2.75, 3.05) is 38.2 Å². The van der Waals surface area contributed by atoms with E-state index in [1.165, 1.54) is 0 Å². The molecular weight excluding hydrogens is 294 g/mol. The number of piperazine rings is 1. The minimum atomic E-state index is -0.0715. The van der Waals surface area contributed by atoms with E-state index in [0.29, 0.717) is 30.8 Å². The lowest BCUT2D eigenvalue weighted by Crippen LogP contribution is -2.49. The fraction of sp³-hybridized carbons (Fsp3) is 0.294. The number of aromatic nitrogens is 1. The first-order valence-corrected chi connectivity index (χ1v) is 7.54. The van der Waals surface area contributed by atoms with Crippen molar-refractivity contribution in [2.24, 2.45) is 0 Å². The number of hydrogen-bond acceptors (Lipinski definition) is 4. The van der Waals surface area contributed by atoms with Gasteiger partial charge in [-0.25, -0.2) is 0 Å². The van der Waals surface area contributed by atoms with E-state index in [4.69, 9.17) is 4.74 Å². The highest BCUT2D eigenvalue weighted by molar-refractivity contribution is 5.93. The van der Waals surface area contributed by atoms with Crippen molar-refractivity contribution in [3.05, 3.63) is 47.8 Å². The summed E-state index contributed by atoms with van der Waals surface area (Å²) in [6, 6.07) is 11.2. The summed E-state index contributed by atoms with van der Waals surface area (Å²) in [6.45, 7) is 2.75. The molecule has 0 bridgehead atoms. The van der Waals surface area contributed by atoms with Crippen molar-refractivity contribution in [3.8, 4) is 5.75 Å². The molecular formula is C17H19N3O3. The molecule has 1 aliphatic heterocycles. The van der Waals surface area contributed by atoms with E-state index in [2.05, 4.69) is 9.88 Å². The molecule has 23 heavy (non-hydrogen) atoms. The Bertz CT molecular complexity index is 703. The predicted octanol–water partition coefficient (Wildman–Crippen LogP) is 1.80. The number of ether oxygens (including phenoxy) is 1. The molecule has 6 nitrogen and oxygen atoms in total. The molecule has 6 heteroatoms. The molecule has 1 aromatic heterocycles. The summed E-state index contributed by atoms with van der Waals surface area (Å²) < 4.78 is 5.40. The van der Waals surface area contributed by atoms with Crippen molar-refractivity contribution in [3.63, 3.8) is 0 Å². The van der Waals surface area contributed by atoms with E-state index >= 15 is 0 Å². The van der Waals surface area contributed by atoms with Gasteiger partial charge in [0.05, 0.1) is 18.5 Å². The number of aromatic amines is 1. The van der Waals surface area contributed by atoms with Crippen molar-refractivity contribution < 1.29 is 14.3 Å². The molecule has 1 N–H and O–H groups in total. The monoisotopic (exact) mass is 313 g/mol. The highest BCUT2D eigenvalue weighted by atomic mass is 16.5. The quantitative estimate of drug-likeness (QED) is 0.874. The van der Waals surface area contributed by atoms with E-state index in [1.54, 1.807) is 24.1 Å². The zero-order chi connectivity index (χ0) is 16.2. The van der Waals surface area contributed by atoms with E-state index in [9.17, 15) is 9.59 Å². The van der Waals surface area contributed by atoms with Gasteiger partial charge in [-0.15, -0.1) is 0 Å². The number of para-hydroxylation sites is 2. The number of hydrogen-bond donors (Lipinski definition) is 1. The van der Waals surface area contributed by atoms with Crippen LogP contribution in [0.2, 0.25) is 0 Å². The maximum Gasteiger partial charge on any atom is 0.270 e. The van der Waals surface area contributed by atoms with Gasteiger partial charge in [0, 0.05) is 26.2 Å². The Morgan fingerprint density at radius 2 is 1.87 bits per heavy atom. The number of methoxy groups -OCH3 is 1. The zero-order valence-corrected chi connectivity index (χ0v) is 13.0. The molecule has 1 saturated heterocycles. The SMILES string of the molecule is COc1ccccc1N1CCN(C(=O)c2ccc(C=O)[nH]2)CC1. The van der Waals surface area contributed by atoms with E-state index in [1.807, 2.05) is 24.3 Å². The first-order valence-electron chi connectivity index (χ1n) is 7.54. The molecule has 1 amide bonds. The highest BCUT2D eigenvalue weighted by Gasteiger charge is 2.24. The smallest absolute Gasteiger partial charge is 0.270 e. The lowest BCUT2D eigenvalue weighted by atomic mass is 10.2. The van der Waals surface area contributed by atoms with Gasteiger partial charge in [0.1, 0.15) is 11.4 Å². The number of aldehydes is 1. The third kappa shape index (κ3) is 3.06. The van der Waals surface area contributed by atoms with Gasteiger partial charge in [-0.3, -0.25) is 9.59 Å². The summed E-state index contributed by atoms with van der Waals surface area (Å²) >= 11 is 0. The molecule has 0 unspecified atom stereocenters. The maximum absolute atomic E-state index is 12.4. The normalized spacial score (nSPS) is 14.7. The van der Waals surface area contributed by atoms with Gasteiger partial charge in [0.2, 0.25) is 0 Å². The lowest BCUT2D eigenvalue weighted by Gasteiger charge is -2.36. The van der Waals surface area contributed by atoms with Crippen LogP contribution in [-0.2, 0) is 0 Å². The van der Waals surface area contributed by atoms with Crippen LogP contribution in [0.1, 0.15) is 21.0 Å². The lowest BCUT2D eigenvalue weighted by molar-refractivity contribution is 0.0741. The van der Waals surface area contributed by atoms with E-state index in [0.717, 1.165) is 24.5 Å². The summed E-state index contributed by atoms with van der Waals surface area (Å²) in [4.78, 5) is 30.0. The highest BCUT2D eigenvalue weighted by Crippen LogP contribution is 2.28. The molecule has 2 heterocycles. The number of carbonyl (C=O) groups is 2. The topological polar surface area (TPSA) is 65.6 Å². The third-order valence-electron chi connectivity index (χ3n) is 4.06. The van der Waals surface area contributed by atoms with E-state index in [-0.39, 0.29) is 5.91 Å². The van der Waals surface area contributed by atoms with Crippen LogP contribution in [0.3, 0.4) is 0 Å². The minimum Gasteiger partial charge on any atom is -0.495 e. The number of anilines is 1. The number of H-pyrrole nitrogens is 1. The van der Waals surface area contributed by atoms with Gasteiger partial charge in [-0.1, -0.05) is 12.1 Å². The number of nitrogens with zero attached hydrogens (tertiary/aromatic N) is 2. The van der Waals surface area contributed by atoms with Crippen LogP contribution in [0.5, 0.6) is 5.75 Å². The number of carbonyl (C=O) groups excluding carboxylic acids is 2. The van der Waals surface area contributed by atoms with Gasteiger partial charge in [-0.05, 0) is 24.3 Å². The Hall–Kier alpha value is -2.76. The van der Waals surface area contributed by atoms with Crippen molar-refractivity contribution in [1.29, 1.82) is 0 Å². The van der Waals surface area contributed by atoms with Crippen LogP contribution in [0.15, 0.2) is 36.4 Å². The fourth-order valence-electron chi connectivity index (χ4n) is 2.82. The third-order valence-corrected chi connectivity index (χ3v) is 4.06. The average Bonchev–Trinajstić information content (AvgIpc) is 3.10. The van der Waals surface area contributed by atoms with Gasteiger partial charge < -0.3 is 19.5 Å². The second kappa shape index (κ2) is 6.56. The number of benzene rings is 1. The van der Waals surface area contributed by atoms with Gasteiger partial charge in [0.15, 0.2) is 6.29 Å². The van der Waals surface area contributed by atoms with Crippen LogP contribution in [0.25, 0.3) is 0 Å². The Morgan fingerprint density at radius 3 is 2.52 bits per heavy atom. The molecule has 1 aliphatic rings. The van der Waals surface area contributed by atoms with Crippen LogP contribution in [0.4, 0.5) is 5.69 Å². The minimum absolute atomic E-state index is 0.0715. The predicted molar refractivity (Wildman–Crippen MR) is 87.3 cm³/mol. The first kappa shape index (κ1) is 15.1. The van der Waals surface area contributed by atoms with Crippen LogP contribution in [-0.4, -0.2) is 55.4 Å². The molecule has 0 atom stereocenters. The molecule has 0 aliphatic carbocycles. The molecule has 1 aromatic carbocycles. The van der Waals surface area contributed by atoms with E-state index < -0.39 is 0 Å². The largest absolute Gasteiger partial charge is 0.495 e. The number of nitrogens with one attached hydrogen (secondary N) is 1. The van der Waals surface area contributed by atoms with Gasteiger partial charge in [0.25, 0.3) is 5.91 Å². The van der Waals surface area contributed by atoms with Crippen LogP contribution in [0, 0.1) is 0 Å². The average molecular weight is 313 g/mol. The summed E-state index contributed by atoms with van der Waals surface area (Å²) in [7, 11) is 1.66. The first-order chi connectivity index (χ1) is 11.2. The van der Waals surface area contributed by atoms with Gasteiger partial charge in [-0.2, -0.15) is 0 Å². The summed E-state index contributed by atoms with van der Waals surface area (Å²) in [5, 5.41) is 0. The van der Waals surface area contributed by atoms with Crippen molar-refractivity contribution in [1.82, 2.24) is 9.88 Å². The second-order valence-electron chi connectivity index (χ2n) is 5.40. The molecule has 1 fully saturated rings. The molecule has 2 aromatic rings.